The molecule has 2 aromatic rings. The molecule has 1 fully saturated rings. The Balaban J connectivity index is 1.70. The first kappa shape index (κ1) is 15.5. The van der Waals surface area contributed by atoms with Crippen molar-refractivity contribution in [2.45, 2.75) is 12.5 Å². The van der Waals surface area contributed by atoms with E-state index in [0.29, 0.717) is 12.1 Å². The number of carbonyl (C=O) groups is 2. The zero-order valence-corrected chi connectivity index (χ0v) is 13.1. The molecule has 1 atom stereocenters. The Hall–Kier alpha value is -2.41. The molecule has 1 aliphatic heterocycles. The summed E-state index contributed by atoms with van der Waals surface area (Å²) in [4.78, 5) is 24.0. The van der Waals surface area contributed by atoms with E-state index in [1.54, 1.807) is 12.1 Å². The predicted molar refractivity (Wildman–Crippen MR) is 87.8 cm³/mol. The molecule has 7 heteroatoms. The van der Waals surface area contributed by atoms with Gasteiger partial charge in [0.15, 0.2) is 9.84 Å². The smallest absolute Gasteiger partial charge is 0.313 e. The normalized spacial score (nSPS) is 19.4. The maximum atomic E-state index is 12.0. The molecule has 1 heterocycles. The summed E-state index contributed by atoms with van der Waals surface area (Å²) in [5.74, 6) is -1.69. The number of fused-ring (bicyclic) bond motifs is 1. The molecular formula is C16H16N2O4S. The van der Waals surface area contributed by atoms with Crippen LogP contribution in [-0.4, -0.2) is 37.8 Å². The quantitative estimate of drug-likeness (QED) is 0.805. The number of benzene rings is 2. The lowest BCUT2D eigenvalue weighted by molar-refractivity contribution is -0.136. The number of hydrogen-bond acceptors (Lipinski definition) is 4. The van der Waals surface area contributed by atoms with Crippen molar-refractivity contribution in [1.29, 1.82) is 0 Å². The van der Waals surface area contributed by atoms with E-state index in [-0.39, 0.29) is 11.5 Å². The molecule has 3 rings (SSSR count). The Morgan fingerprint density at radius 2 is 1.74 bits per heavy atom. The minimum atomic E-state index is -3.10. The zero-order valence-electron chi connectivity index (χ0n) is 12.3. The monoisotopic (exact) mass is 332 g/mol. The fourth-order valence-electron chi connectivity index (χ4n) is 2.67. The molecule has 120 valence electrons. The number of sulfone groups is 1. The van der Waals surface area contributed by atoms with Crippen molar-refractivity contribution >= 4 is 38.1 Å². The summed E-state index contributed by atoms with van der Waals surface area (Å²) in [6.45, 7) is 0. The third kappa shape index (κ3) is 3.50. The second kappa shape index (κ2) is 6.00. The average Bonchev–Trinajstić information content (AvgIpc) is 2.86. The second-order valence-corrected chi connectivity index (χ2v) is 7.78. The van der Waals surface area contributed by atoms with Crippen molar-refractivity contribution in [3.8, 4) is 0 Å². The van der Waals surface area contributed by atoms with Crippen LogP contribution < -0.4 is 10.6 Å². The molecule has 1 unspecified atom stereocenters. The molecule has 0 spiro atoms. The van der Waals surface area contributed by atoms with Gasteiger partial charge in [-0.3, -0.25) is 9.59 Å². The maximum absolute atomic E-state index is 12.0. The van der Waals surface area contributed by atoms with Crippen LogP contribution in [0.2, 0.25) is 0 Å². The second-order valence-electron chi connectivity index (χ2n) is 5.55. The van der Waals surface area contributed by atoms with Gasteiger partial charge in [-0.2, -0.15) is 0 Å². The number of hydrogen-bond donors (Lipinski definition) is 2. The zero-order chi connectivity index (χ0) is 16.4. The van der Waals surface area contributed by atoms with Crippen molar-refractivity contribution in [3.05, 3.63) is 42.5 Å². The molecule has 0 aromatic heterocycles. The first-order valence-corrected chi connectivity index (χ1v) is 9.07. The van der Waals surface area contributed by atoms with Crippen molar-refractivity contribution in [1.82, 2.24) is 5.32 Å². The maximum Gasteiger partial charge on any atom is 0.313 e. The SMILES string of the molecule is O=C(Nc1cccc2ccccc12)C(=O)NC1CCS(=O)(=O)C1. The van der Waals surface area contributed by atoms with Gasteiger partial charge in [0.25, 0.3) is 0 Å². The van der Waals surface area contributed by atoms with Gasteiger partial charge in [0, 0.05) is 17.1 Å². The molecule has 1 saturated heterocycles. The number of nitrogens with one attached hydrogen (secondary N) is 2. The highest BCUT2D eigenvalue weighted by Crippen LogP contribution is 2.22. The van der Waals surface area contributed by atoms with Crippen LogP contribution in [-0.2, 0) is 19.4 Å². The van der Waals surface area contributed by atoms with Crippen molar-refractivity contribution in [3.63, 3.8) is 0 Å². The highest BCUT2D eigenvalue weighted by Gasteiger charge is 2.30. The standard InChI is InChI=1S/C16H16N2O4S/c19-15(17-12-8-9-23(21,22)10-12)16(20)18-14-7-3-5-11-4-1-2-6-13(11)14/h1-7,12H,8-10H2,(H,17,19)(H,18,20). The lowest BCUT2D eigenvalue weighted by Crippen LogP contribution is -2.42. The van der Waals surface area contributed by atoms with Crippen LogP contribution in [0.4, 0.5) is 5.69 Å². The van der Waals surface area contributed by atoms with E-state index in [1.165, 1.54) is 0 Å². The largest absolute Gasteiger partial charge is 0.344 e. The van der Waals surface area contributed by atoms with Gasteiger partial charge in [-0.05, 0) is 17.9 Å². The molecule has 0 radical (unpaired) electrons. The van der Waals surface area contributed by atoms with Crippen LogP contribution in [0.1, 0.15) is 6.42 Å². The Morgan fingerprint density at radius 1 is 1.00 bits per heavy atom. The van der Waals surface area contributed by atoms with E-state index in [0.717, 1.165) is 10.8 Å². The third-order valence-corrected chi connectivity index (χ3v) is 5.58. The van der Waals surface area contributed by atoms with E-state index in [4.69, 9.17) is 0 Å². The fourth-order valence-corrected chi connectivity index (χ4v) is 4.35. The van der Waals surface area contributed by atoms with Crippen LogP contribution in [0.15, 0.2) is 42.5 Å². The summed E-state index contributed by atoms with van der Waals surface area (Å²) in [5, 5.41) is 6.84. The predicted octanol–water partition coefficient (Wildman–Crippen LogP) is 1.08. The van der Waals surface area contributed by atoms with Crippen molar-refractivity contribution < 1.29 is 18.0 Å². The van der Waals surface area contributed by atoms with E-state index >= 15 is 0 Å². The van der Waals surface area contributed by atoms with E-state index in [9.17, 15) is 18.0 Å². The molecule has 23 heavy (non-hydrogen) atoms. The molecule has 2 N–H and O–H groups in total. The number of amides is 2. The van der Waals surface area contributed by atoms with E-state index in [2.05, 4.69) is 10.6 Å². The Kier molecular flexibility index (Phi) is 4.04. The van der Waals surface area contributed by atoms with Gasteiger partial charge in [-0.25, -0.2) is 8.42 Å². The summed E-state index contributed by atoms with van der Waals surface area (Å²) in [6, 6.07) is 12.4. The average molecular weight is 332 g/mol. The van der Waals surface area contributed by atoms with E-state index < -0.39 is 27.7 Å². The van der Waals surface area contributed by atoms with Gasteiger partial charge < -0.3 is 10.6 Å². The number of rotatable bonds is 2. The molecule has 0 saturated carbocycles. The first-order valence-electron chi connectivity index (χ1n) is 7.25. The molecule has 2 aromatic carbocycles. The number of carbonyl (C=O) groups excluding carboxylic acids is 2. The van der Waals surface area contributed by atoms with Gasteiger partial charge in [-0.15, -0.1) is 0 Å². The molecular weight excluding hydrogens is 316 g/mol. The minimum absolute atomic E-state index is 0.0445. The summed E-state index contributed by atoms with van der Waals surface area (Å²) >= 11 is 0. The summed E-state index contributed by atoms with van der Waals surface area (Å²) < 4.78 is 22.8. The van der Waals surface area contributed by atoms with Gasteiger partial charge in [0.05, 0.1) is 11.5 Å². The van der Waals surface area contributed by atoms with Crippen molar-refractivity contribution in [2.24, 2.45) is 0 Å². The number of anilines is 1. The highest BCUT2D eigenvalue weighted by molar-refractivity contribution is 7.91. The molecule has 0 bridgehead atoms. The van der Waals surface area contributed by atoms with Gasteiger partial charge in [-0.1, -0.05) is 36.4 Å². The minimum Gasteiger partial charge on any atom is -0.344 e. The van der Waals surface area contributed by atoms with Crippen LogP contribution >= 0.6 is 0 Å². The summed E-state index contributed by atoms with van der Waals surface area (Å²) in [7, 11) is -3.10. The summed E-state index contributed by atoms with van der Waals surface area (Å²) in [6.07, 6.45) is 0.343. The van der Waals surface area contributed by atoms with Crippen LogP contribution in [0.3, 0.4) is 0 Å². The van der Waals surface area contributed by atoms with Gasteiger partial charge >= 0.3 is 11.8 Å². The van der Waals surface area contributed by atoms with Crippen molar-refractivity contribution in [2.75, 3.05) is 16.8 Å². The lowest BCUT2D eigenvalue weighted by Gasteiger charge is -2.12. The fraction of sp³-hybridized carbons (Fsp3) is 0.250. The van der Waals surface area contributed by atoms with Gasteiger partial charge in [0.1, 0.15) is 0 Å². The van der Waals surface area contributed by atoms with Gasteiger partial charge in [0.2, 0.25) is 0 Å². The molecule has 0 aliphatic carbocycles. The highest BCUT2D eigenvalue weighted by atomic mass is 32.2. The first-order chi connectivity index (χ1) is 10.9. The molecule has 2 amide bonds. The lowest BCUT2D eigenvalue weighted by atomic mass is 10.1. The van der Waals surface area contributed by atoms with Crippen LogP contribution in [0.25, 0.3) is 10.8 Å². The molecule has 6 nitrogen and oxygen atoms in total. The Labute approximate surface area is 133 Å². The van der Waals surface area contributed by atoms with Crippen LogP contribution in [0, 0.1) is 0 Å². The topological polar surface area (TPSA) is 92.3 Å². The third-order valence-electron chi connectivity index (χ3n) is 3.81. The Morgan fingerprint density at radius 3 is 2.48 bits per heavy atom. The Bertz CT molecular complexity index is 871. The van der Waals surface area contributed by atoms with E-state index in [1.807, 2.05) is 30.3 Å². The molecule has 1 aliphatic rings. The van der Waals surface area contributed by atoms with Crippen LogP contribution in [0.5, 0.6) is 0 Å². The summed E-state index contributed by atoms with van der Waals surface area (Å²) in [5.41, 5.74) is 0.544.